The molecule has 0 saturated heterocycles. The van der Waals surface area contributed by atoms with Crippen LogP contribution in [0.2, 0.25) is 0 Å². The summed E-state index contributed by atoms with van der Waals surface area (Å²) in [4.78, 5) is 26.6. The molecule has 0 saturated carbocycles. The van der Waals surface area contributed by atoms with E-state index >= 15 is 0 Å². The van der Waals surface area contributed by atoms with E-state index in [2.05, 4.69) is 5.32 Å². The molecule has 0 aliphatic carbocycles. The number of nitrogens with one attached hydrogen (secondary N) is 1. The lowest BCUT2D eigenvalue weighted by atomic mass is 10.3. The van der Waals surface area contributed by atoms with Gasteiger partial charge >= 0.3 is 6.03 Å². The largest absolute Gasteiger partial charge is 0.467 e. The first-order valence-corrected chi connectivity index (χ1v) is 6.35. The van der Waals surface area contributed by atoms with E-state index in [1.807, 2.05) is 0 Å². The molecule has 0 spiro atoms. The van der Waals surface area contributed by atoms with E-state index < -0.39 is 12.1 Å². The number of furan rings is 1. The van der Waals surface area contributed by atoms with E-state index in [1.54, 1.807) is 33.2 Å². The third kappa shape index (κ3) is 4.58. The normalized spacial score (nSPS) is 11.8. The summed E-state index contributed by atoms with van der Waals surface area (Å²) in [7, 11) is 3.25. The number of aliphatic hydroxyl groups is 1. The van der Waals surface area contributed by atoms with Crippen molar-refractivity contribution < 1.29 is 19.1 Å². The van der Waals surface area contributed by atoms with Crippen molar-refractivity contribution >= 4 is 11.9 Å². The molecule has 0 aliphatic heterocycles. The Kier molecular flexibility index (Phi) is 6.05. The average Bonchev–Trinajstić information content (AvgIpc) is 2.89. The topological polar surface area (TPSA) is 86.0 Å². The fraction of sp³-hybridized carbons (Fsp3) is 0.538. The second-order valence-corrected chi connectivity index (χ2v) is 4.63. The summed E-state index contributed by atoms with van der Waals surface area (Å²) in [5.41, 5.74) is 0. The maximum atomic E-state index is 12.1. The van der Waals surface area contributed by atoms with Crippen molar-refractivity contribution in [2.45, 2.75) is 19.5 Å². The number of rotatable bonds is 6. The lowest BCUT2D eigenvalue weighted by molar-refractivity contribution is -0.130. The maximum absolute atomic E-state index is 12.1. The van der Waals surface area contributed by atoms with Crippen molar-refractivity contribution in [1.29, 1.82) is 0 Å². The zero-order chi connectivity index (χ0) is 15.1. The summed E-state index contributed by atoms with van der Waals surface area (Å²) in [5.74, 6) is 0.417. The Morgan fingerprint density at radius 2 is 2.15 bits per heavy atom. The Labute approximate surface area is 118 Å². The number of nitrogens with zero attached hydrogens (tertiary/aromatic N) is 2. The molecule has 1 aromatic heterocycles. The fourth-order valence-electron chi connectivity index (χ4n) is 1.69. The Hall–Kier alpha value is -2.02. The number of carbonyl (C=O) groups excluding carboxylic acids is 2. The highest BCUT2D eigenvalue weighted by Gasteiger charge is 2.21. The Morgan fingerprint density at radius 1 is 1.45 bits per heavy atom. The van der Waals surface area contributed by atoms with Crippen LogP contribution in [0, 0.1) is 0 Å². The van der Waals surface area contributed by atoms with Crippen LogP contribution < -0.4 is 5.32 Å². The van der Waals surface area contributed by atoms with E-state index in [0.29, 0.717) is 5.76 Å². The molecule has 20 heavy (non-hydrogen) atoms. The van der Waals surface area contributed by atoms with Gasteiger partial charge in [0.25, 0.3) is 0 Å². The van der Waals surface area contributed by atoms with Crippen LogP contribution in [-0.2, 0) is 11.3 Å². The molecule has 0 unspecified atom stereocenters. The molecular weight excluding hydrogens is 262 g/mol. The molecule has 1 aromatic rings. The van der Waals surface area contributed by atoms with Crippen molar-refractivity contribution in [2.24, 2.45) is 0 Å². The van der Waals surface area contributed by atoms with Gasteiger partial charge in [-0.25, -0.2) is 4.79 Å². The summed E-state index contributed by atoms with van der Waals surface area (Å²) in [5, 5.41) is 11.6. The van der Waals surface area contributed by atoms with Crippen LogP contribution in [0.4, 0.5) is 4.79 Å². The molecule has 1 heterocycles. The number of hydrogen-bond acceptors (Lipinski definition) is 4. The first-order valence-electron chi connectivity index (χ1n) is 6.35. The van der Waals surface area contributed by atoms with E-state index in [9.17, 15) is 9.59 Å². The molecule has 2 N–H and O–H groups in total. The Balaban J connectivity index is 2.62. The van der Waals surface area contributed by atoms with Gasteiger partial charge in [0.2, 0.25) is 5.91 Å². The van der Waals surface area contributed by atoms with Crippen LogP contribution in [-0.4, -0.2) is 60.1 Å². The summed E-state index contributed by atoms with van der Waals surface area (Å²) in [6.45, 7) is 1.85. The number of aliphatic hydroxyl groups excluding tert-OH is 1. The van der Waals surface area contributed by atoms with Crippen molar-refractivity contribution in [3.05, 3.63) is 24.2 Å². The lowest BCUT2D eigenvalue weighted by Gasteiger charge is -2.24. The zero-order valence-electron chi connectivity index (χ0n) is 12.0. The number of amides is 3. The van der Waals surface area contributed by atoms with Crippen LogP contribution in [0.15, 0.2) is 22.8 Å². The number of carbonyl (C=O) groups is 2. The number of likely N-dealkylation sites (N-methyl/N-ethyl adjacent to an activating group) is 1. The molecule has 0 radical (unpaired) electrons. The van der Waals surface area contributed by atoms with Gasteiger partial charge in [0.1, 0.15) is 11.8 Å². The second-order valence-electron chi connectivity index (χ2n) is 4.63. The van der Waals surface area contributed by atoms with Gasteiger partial charge in [0.05, 0.1) is 19.4 Å². The van der Waals surface area contributed by atoms with Crippen LogP contribution in [0.1, 0.15) is 12.7 Å². The third-order valence-electron chi connectivity index (χ3n) is 2.74. The van der Waals surface area contributed by atoms with Crippen molar-refractivity contribution in [1.82, 2.24) is 15.1 Å². The predicted octanol–water partition coefficient (Wildman–Crippen LogP) is 0.260. The molecule has 0 bridgehead atoms. The molecule has 0 aromatic carbocycles. The number of urea groups is 1. The van der Waals surface area contributed by atoms with Gasteiger partial charge in [0.15, 0.2) is 0 Å². The highest BCUT2D eigenvalue weighted by Crippen LogP contribution is 2.06. The Morgan fingerprint density at radius 3 is 2.65 bits per heavy atom. The second kappa shape index (κ2) is 7.54. The SMILES string of the molecule is C[C@@H](NC(=O)N(CCO)Cc1ccco1)C(=O)N(C)C. The van der Waals surface area contributed by atoms with Gasteiger partial charge < -0.3 is 24.6 Å². The van der Waals surface area contributed by atoms with E-state index in [-0.39, 0.29) is 25.6 Å². The Bertz CT molecular complexity index is 431. The highest BCUT2D eigenvalue weighted by atomic mass is 16.3. The lowest BCUT2D eigenvalue weighted by Crippen LogP contribution is -2.49. The van der Waals surface area contributed by atoms with Gasteiger partial charge in [-0.2, -0.15) is 0 Å². The molecule has 7 nitrogen and oxygen atoms in total. The minimum atomic E-state index is -0.629. The fourth-order valence-corrected chi connectivity index (χ4v) is 1.69. The van der Waals surface area contributed by atoms with Gasteiger partial charge in [-0.1, -0.05) is 0 Å². The van der Waals surface area contributed by atoms with Crippen molar-refractivity contribution in [3.8, 4) is 0 Å². The van der Waals surface area contributed by atoms with Gasteiger partial charge in [-0.3, -0.25) is 4.79 Å². The molecule has 0 fully saturated rings. The molecular formula is C13H21N3O4. The van der Waals surface area contributed by atoms with Gasteiger partial charge in [-0.15, -0.1) is 0 Å². The van der Waals surface area contributed by atoms with Crippen LogP contribution in [0.25, 0.3) is 0 Å². The highest BCUT2D eigenvalue weighted by molar-refractivity contribution is 5.86. The standard InChI is InChI=1S/C13H21N3O4/c1-10(12(18)15(2)3)14-13(19)16(6-7-17)9-11-5-4-8-20-11/h4-5,8,10,17H,6-7,9H2,1-3H3,(H,14,19)/t10-/m1/s1. The van der Waals surface area contributed by atoms with Gasteiger partial charge in [-0.05, 0) is 19.1 Å². The minimum Gasteiger partial charge on any atom is -0.467 e. The zero-order valence-corrected chi connectivity index (χ0v) is 12.0. The van der Waals surface area contributed by atoms with Crippen LogP contribution in [0.3, 0.4) is 0 Å². The quantitative estimate of drug-likeness (QED) is 0.784. The maximum Gasteiger partial charge on any atom is 0.318 e. The molecule has 112 valence electrons. The molecule has 1 rings (SSSR count). The van der Waals surface area contributed by atoms with E-state index in [1.165, 1.54) is 16.1 Å². The summed E-state index contributed by atoms with van der Waals surface area (Å²) in [6, 6.07) is 2.42. The number of hydrogen-bond donors (Lipinski definition) is 2. The first kappa shape index (κ1) is 16.0. The first-order chi connectivity index (χ1) is 9.45. The predicted molar refractivity (Wildman–Crippen MR) is 72.9 cm³/mol. The van der Waals surface area contributed by atoms with Crippen LogP contribution in [0.5, 0.6) is 0 Å². The van der Waals surface area contributed by atoms with Gasteiger partial charge in [0, 0.05) is 20.6 Å². The average molecular weight is 283 g/mol. The summed E-state index contributed by atoms with van der Waals surface area (Å²) in [6.07, 6.45) is 1.52. The van der Waals surface area contributed by atoms with Crippen molar-refractivity contribution in [3.63, 3.8) is 0 Å². The molecule has 0 aliphatic rings. The molecule has 7 heteroatoms. The monoisotopic (exact) mass is 283 g/mol. The minimum absolute atomic E-state index is 0.162. The molecule has 1 atom stereocenters. The van der Waals surface area contributed by atoms with E-state index in [0.717, 1.165) is 0 Å². The van der Waals surface area contributed by atoms with Crippen LogP contribution >= 0.6 is 0 Å². The molecule has 3 amide bonds. The summed E-state index contributed by atoms with van der Waals surface area (Å²) < 4.78 is 5.17. The van der Waals surface area contributed by atoms with E-state index in [4.69, 9.17) is 9.52 Å². The third-order valence-corrected chi connectivity index (χ3v) is 2.74. The smallest absolute Gasteiger partial charge is 0.318 e. The van der Waals surface area contributed by atoms with Crippen molar-refractivity contribution in [2.75, 3.05) is 27.2 Å². The summed E-state index contributed by atoms with van der Waals surface area (Å²) >= 11 is 0.